The van der Waals surface area contributed by atoms with Crippen LogP contribution in [0, 0.1) is 0 Å². The van der Waals surface area contributed by atoms with E-state index in [0.717, 1.165) is 12.8 Å². The lowest BCUT2D eigenvalue weighted by Gasteiger charge is -2.09. The fraction of sp³-hybridized carbons (Fsp3) is 0.444. The SMILES string of the molecule is COc1nc(OC2CC2)ccc1B(O)O. The molecule has 1 aliphatic carbocycles. The van der Waals surface area contributed by atoms with Gasteiger partial charge in [0.1, 0.15) is 6.10 Å². The van der Waals surface area contributed by atoms with E-state index < -0.39 is 7.12 Å². The molecule has 2 N–H and O–H groups in total. The van der Waals surface area contributed by atoms with E-state index >= 15 is 0 Å². The van der Waals surface area contributed by atoms with E-state index in [1.165, 1.54) is 13.2 Å². The number of rotatable bonds is 4. The predicted molar refractivity (Wildman–Crippen MR) is 54.3 cm³/mol. The zero-order chi connectivity index (χ0) is 10.8. The van der Waals surface area contributed by atoms with E-state index in [-0.39, 0.29) is 17.4 Å². The number of ether oxygens (including phenoxy) is 2. The largest absolute Gasteiger partial charge is 0.494 e. The molecule has 1 aliphatic rings. The van der Waals surface area contributed by atoms with Crippen LogP contribution in [0.2, 0.25) is 0 Å². The normalized spacial score (nSPS) is 14.9. The molecule has 2 rings (SSSR count). The van der Waals surface area contributed by atoms with Crippen molar-refractivity contribution in [1.29, 1.82) is 0 Å². The van der Waals surface area contributed by atoms with Gasteiger partial charge in [-0.15, -0.1) is 0 Å². The molecule has 0 atom stereocenters. The smallest absolute Gasteiger partial charge is 0.481 e. The Hall–Kier alpha value is -1.27. The maximum atomic E-state index is 9.02. The summed E-state index contributed by atoms with van der Waals surface area (Å²) in [6.45, 7) is 0. The second kappa shape index (κ2) is 4.08. The molecule has 0 spiro atoms. The molecule has 0 unspecified atom stereocenters. The van der Waals surface area contributed by atoms with Crippen molar-refractivity contribution in [2.24, 2.45) is 0 Å². The second-order valence-electron chi connectivity index (χ2n) is 3.44. The first-order chi connectivity index (χ1) is 7.20. The molecule has 0 aliphatic heterocycles. The quantitative estimate of drug-likeness (QED) is 0.642. The lowest BCUT2D eigenvalue weighted by atomic mass is 9.81. The zero-order valence-electron chi connectivity index (χ0n) is 8.38. The van der Waals surface area contributed by atoms with Crippen LogP contribution in [0.25, 0.3) is 0 Å². The van der Waals surface area contributed by atoms with Gasteiger partial charge in [0, 0.05) is 11.5 Å². The van der Waals surface area contributed by atoms with Crippen LogP contribution in [0.1, 0.15) is 12.8 Å². The summed E-state index contributed by atoms with van der Waals surface area (Å²) in [5.74, 6) is 0.641. The highest BCUT2D eigenvalue weighted by Gasteiger charge is 2.25. The monoisotopic (exact) mass is 209 g/mol. The van der Waals surface area contributed by atoms with Crippen LogP contribution in [-0.4, -0.2) is 35.4 Å². The lowest BCUT2D eigenvalue weighted by Crippen LogP contribution is -2.31. The van der Waals surface area contributed by atoms with Gasteiger partial charge in [-0.2, -0.15) is 4.98 Å². The summed E-state index contributed by atoms with van der Waals surface area (Å²) < 4.78 is 10.4. The first-order valence-electron chi connectivity index (χ1n) is 4.78. The third-order valence-electron chi connectivity index (χ3n) is 2.15. The molecule has 6 heteroatoms. The molecule has 0 amide bonds. The van der Waals surface area contributed by atoms with Gasteiger partial charge in [-0.05, 0) is 12.8 Å². The highest BCUT2D eigenvalue weighted by molar-refractivity contribution is 6.59. The van der Waals surface area contributed by atoms with Gasteiger partial charge in [0.2, 0.25) is 11.8 Å². The van der Waals surface area contributed by atoms with Crippen LogP contribution < -0.4 is 14.9 Å². The van der Waals surface area contributed by atoms with Crippen LogP contribution in [0.5, 0.6) is 11.8 Å². The third-order valence-corrected chi connectivity index (χ3v) is 2.15. The van der Waals surface area contributed by atoms with Crippen molar-refractivity contribution in [3.05, 3.63) is 12.1 Å². The highest BCUT2D eigenvalue weighted by Crippen LogP contribution is 2.25. The number of pyridine rings is 1. The molecule has 0 radical (unpaired) electrons. The van der Waals surface area contributed by atoms with Gasteiger partial charge in [-0.3, -0.25) is 0 Å². The Bertz CT molecular complexity index is 354. The Morgan fingerprint density at radius 2 is 2.13 bits per heavy atom. The molecule has 1 aromatic heterocycles. The zero-order valence-corrected chi connectivity index (χ0v) is 8.38. The van der Waals surface area contributed by atoms with Crippen LogP contribution in [-0.2, 0) is 0 Å². The van der Waals surface area contributed by atoms with Gasteiger partial charge in [0.15, 0.2) is 0 Å². The molecule has 0 bridgehead atoms. The van der Waals surface area contributed by atoms with Gasteiger partial charge in [-0.1, -0.05) is 6.07 Å². The molecule has 15 heavy (non-hydrogen) atoms. The molecule has 1 fully saturated rings. The van der Waals surface area contributed by atoms with Crippen molar-refractivity contribution in [2.45, 2.75) is 18.9 Å². The number of hydrogen-bond donors (Lipinski definition) is 2. The summed E-state index contributed by atoms with van der Waals surface area (Å²) in [5.41, 5.74) is 0.237. The summed E-state index contributed by atoms with van der Waals surface area (Å²) in [7, 11) is -0.155. The number of aromatic nitrogens is 1. The molecule has 0 aromatic carbocycles. The number of nitrogens with zero attached hydrogens (tertiary/aromatic N) is 1. The molecule has 5 nitrogen and oxygen atoms in total. The van der Waals surface area contributed by atoms with E-state index in [1.807, 2.05) is 0 Å². The lowest BCUT2D eigenvalue weighted by molar-refractivity contribution is 0.284. The fourth-order valence-electron chi connectivity index (χ4n) is 1.22. The Balaban J connectivity index is 2.20. The topological polar surface area (TPSA) is 71.8 Å². The number of hydrogen-bond acceptors (Lipinski definition) is 5. The summed E-state index contributed by atoms with van der Waals surface area (Å²) >= 11 is 0. The molecule has 0 saturated heterocycles. The van der Waals surface area contributed by atoms with Crippen molar-refractivity contribution in [1.82, 2.24) is 4.98 Å². The molecule has 1 heterocycles. The summed E-state index contributed by atoms with van der Waals surface area (Å²) in [4.78, 5) is 4.03. The van der Waals surface area contributed by atoms with Gasteiger partial charge < -0.3 is 19.5 Å². The predicted octanol–water partition coefficient (Wildman–Crippen LogP) is -0.689. The van der Waals surface area contributed by atoms with Crippen LogP contribution in [0.4, 0.5) is 0 Å². The maximum Gasteiger partial charge on any atom is 0.494 e. The van der Waals surface area contributed by atoms with Crippen molar-refractivity contribution in [3.63, 3.8) is 0 Å². The molecule has 1 saturated carbocycles. The molecular formula is C9H12BNO4. The Morgan fingerprint density at radius 1 is 1.40 bits per heavy atom. The summed E-state index contributed by atoms with van der Waals surface area (Å²) in [5, 5.41) is 18.0. The van der Waals surface area contributed by atoms with Crippen molar-refractivity contribution in [3.8, 4) is 11.8 Å². The summed E-state index contributed by atoms with van der Waals surface area (Å²) in [6, 6.07) is 3.14. The summed E-state index contributed by atoms with van der Waals surface area (Å²) in [6.07, 6.45) is 2.36. The average molecular weight is 209 g/mol. The second-order valence-corrected chi connectivity index (χ2v) is 3.44. The van der Waals surface area contributed by atoms with Crippen molar-refractivity contribution in [2.75, 3.05) is 7.11 Å². The highest BCUT2D eigenvalue weighted by atomic mass is 16.5. The number of methoxy groups -OCH3 is 1. The Morgan fingerprint density at radius 3 is 2.67 bits per heavy atom. The first-order valence-corrected chi connectivity index (χ1v) is 4.78. The van der Waals surface area contributed by atoms with Gasteiger partial charge >= 0.3 is 7.12 Å². The van der Waals surface area contributed by atoms with E-state index in [0.29, 0.717) is 5.88 Å². The van der Waals surface area contributed by atoms with Crippen molar-refractivity contribution >= 4 is 12.6 Å². The first kappa shape index (κ1) is 10.3. The van der Waals surface area contributed by atoms with Gasteiger partial charge in [0.05, 0.1) is 7.11 Å². The Kier molecular flexibility index (Phi) is 2.79. The van der Waals surface area contributed by atoms with E-state index in [1.54, 1.807) is 6.07 Å². The third kappa shape index (κ3) is 2.40. The molecule has 80 valence electrons. The van der Waals surface area contributed by atoms with E-state index in [2.05, 4.69) is 4.98 Å². The van der Waals surface area contributed by atoms with Crippen LogP contribution >= 0.6 is 0 Å². The minimum absolute atomic E-state index is 0.183. The van der Waals surface area contributed by atoms with Crippen molar-refractivity contribution < 1.29 is 19.5 Å². The van der Waals surface area contributed by atoms with Gasteiger partial charge in [-0.25, -0.2) is 0 Å². The Labute approximate surface area is 87.8 Å². The molecule has 1 aromatic rings. The molecular weight excluding hydrogens is 197 g/mol. The van der Waals surface area contributed by atoms with E-state index in [9.17, 15) is 0 Å². The average Bonchev–Trinajstić information content (AvgIpc) is 3.01. The van der Waals surface area contributed by atoms with E-state index in [4.69, 9.17) is 19.5 Å². The fourth-order valence-corrected chi connectivity index (χ4v) is 1.22. The minimum atomic E-state index is -1.58. The van der Waals surface area contributed by atoms with Gasteiger partial charge in [0.25, 0.3) is 0 Å². The maximum absolute atomic E-state index is 9.02. The standard InChI is InChI=1S/C9H12BNO4/c1-14-9-7(10(12)13)4-5-8(11-9)15-6-2-3-6/h4-6,12-13H,2-3H2,1H3. The van der Waals surface area contributed by atoms with Crippen LogP contribution in [0.15, 0.2) is 12.1 Å². The minimum Gasteiger partial charge on any atom is -0.481 e. The van der Waals surface area contributed by atoms with Crippen LogP contribution in [0.3, 0.4) is 0 Å².